The molecule has 0 aliphatic carbocycles. The molecule has 0 aliphatic heterocycles. The molecule has 3 rings (SSSR count). The summed E-state index contributed by atoms with van der Waals surface area (Å²) in [5.74, 6) is 2.48. The number of nitrogens with zero attached hydrogens (tertiary/aromatic N) is 3. The highest BCUT2D eigenvalue weighted by Gasteiger charge is 2.14. The van der Waals surface area contributed by atoms with E-state index in [4.69, 9.17) is 4.42 Å². The Balaban J connectivity index is 1.89. The van der Waals surface area contributed by atoms with Crippen molar-refractivity contribution in [2.45, 2.75) is 33.7 Å². The van der Waals surface area contributed by atoms with Gasteiger partial charge in [-0.1, -0.05) is 6.07 Å². The number of aryl methyl sites for hydroxylation is 3. The number of fused-ring (bicyclic) bond motifs is 1. The second-order valence-corrected chi connectivity index (χ2v) is 5.11. The van der Waals surface area contributed by atoms with Gasteiger partial charge < -0.3 is 9.73 Å². The van der Waals surface area contributed by atoms with Gasteiger partial charge in [0.2, 0.25) is 5.95 Å². The Kier molecular flexibility index (Phi) is 2.97. The summed E-state index contributed by atoms with van der Waals surface area (Å²) in [6.45, 7) is 8.02. The van der Waals surface area contributed by atoms with Crippen LogP contribution in [0.4, 0.5) is 5.95 Å². The fourth-order valence-corrected chi connectivity index (χ4v) is 2.45. The molecule has 0 bridgehead atoms. The first-order valence-corrected chi connectivity index (χ1v) is 6.70. The maximum Gasteiger partial charge on any atom is 0.243 e. The number of aromatic nitrogens is 3. The number of nitrogens with one attached hydrogen (secondary N) is 1. The molecule has 0 spiro atoms. The number of hydrogen-bond donors (Lipinski definition) is 1. The molecule has 1 N–H and O–H groups in total. The largest absolute Gasteiger partial charge is 0.466 e. The quantitative estimate of drug-likeness (QED) is 0.792. The van der Waals surface area contributed by atoms with E-state index in [2.05, 4.69) is 22.3 Å². The third-order valence-corrected chi connectivity index (χ3v) is 3.44. The lowest BCUT2D eigenvalue weighted by Gasteiger charge is -2.10. The minimum atomic E-state index is 0.102. The van der Waals surface area contributed by atoms with Crippen LogP contribution in [-0.4, -0.2) is 14.6 Å². The van der Waals surface area contributed by atoms with Gasteiger partial charge in [0.05, 0.1) is 6.04 Å². The molecular formula is C15H18N4O. The molecule has 0 aliphatic rings. The maximum absolute atomic E-state index is 5.57. The van der Waals surface area contributed by atoms with Crippen molar-refractivity contribution in [1.29, 1.82) is 0 Å². The molecular weight excluding hydrogens is 252 g/mol. The van der Waals surface area contributed by atoms with E-state index in [1.165, 1.54) is 0 Å². The molecule has 1 atom stereocenters. The van der Waals surface area contributed by atoms with Crippen LogP contribution in [0.5, 0.6) is 0 Å². The van der Waals surface area contributed by atoms with Crippen molar-refractivity contribution in [1.82, 2.24) is 14.6 Å². The lowest BCUT2D eigenvalue weighted by Crippen LogP contribution is -2.08. The molecule has 3 aromatic rings. The van der Waals surface area contributed by atoms with Gasteiger partial charge in [0, 0.05) is 11.3 Å². The van der Waals surface area contributed by atoms with Crippen LogP contribution in [0.25, 0.3) is 5.65 Å². The molecule has 20 heavy (non-hydrogen) atoms. The number of anilines is 1. The zero-order chi connectivity index (χ0) is 14.3. The van der Waals surface area contributed by atoms with Gasteiger partial charge in [-0.2, -0.15) is 4.98 Å². The first-order valence-electron chi connectivity index (χ1n) is 6.70. The minimum Gasteiger partial charge on any atom is -0.466 e. The highest BCUT2D eigenvalue weighted by atomic mass is 16.3. The van der Waals surface area contributed by atoms with Gasteiger partial charge in [-0.25, -0.2) is 4.52 Å². The monoisotopic (exact) mass is 270 g/mol. The molecule has 0 fully saturated rings. The summed E-state index contributed by atoms with van der Waals surface area (Å²) in [7, 11) is 0. The van der Waals surface area contributed by atoms with Crippen molar-refractivity contribution in [2.24, 2.45) is 0 Å². The Labute approximate surface area is 117 Å². The standard InChI is InChI=1S/C15H18N4O/c1-9-6-5-7-14-17-15(18-19(9)14)16-11(3)13-8-10(2)20-12(13)4/h5-8,11H,1-4H3,(H,16,18). The van der Waals surface area contributed by atoms with E-state index >= 15 is 0 Å². The fraction of sp³-hybridized carbons (Fsp3) is 0.333. The van der Waals surface area contributed by atoms with E-state index in [0.717, 1.165) is 28.4 Å². The molecule has 5 heteroatoms. The Hall–Kier alpha value is -2.30. The van der Waals surface area contributed by atoms with Crippen LogP contribution in [-0.2, 0) is 0 Å². The Morgan fingerprint density at radius 1 is 1.25 bits per heavy atom. The van der Waals surface area contributed by atoms with Crippen molar-refractivity contribution >= 4 is 11.6 Å². The van der Waals surface area contributed by atoms with E-state index in [-0.39, 0.29) is 6.04 Å². The Morgan fingerprint density at radius 3 is 2.70 bits per heavy atom. The second kappa shape index (κ2) is 4.67. The fourth-order valence-electron chi connectivity index (χ4n) is 2.45. The number of furan rings is 1. The predicted octanol–water partition coefficient (Wildman–Crippen LogP) is 3.42. The summed E-state index contributed by atoms with van der Waals surface area (Å²) in [6.07, 6.45) is 0. The Morgan fingerprint density at radius 2 is 2.05 bits per heavy atom. The smallest absolute Gasteiger partial charge is 0.243 e. The zero-order valence-corrected chi connectivity index (χ0v) is 12.1. The van der Waals surface area contributed by atoms with Gasteiger partial charge in [0.1, 0.15) is 11.5 Å². The lowest BCUT2D eigenvalue weighted by atomic mass is 10.1. The van der Waals surface area contributed by atoms with Crippen molar-refractivity contribution in [2.75, 3.05) is 5.32 Å². The summed E-state index contributed by atoms with van der Waals surface area (Å²) in [5, 5.41) is 7.80. The SMILES string of the molecule is Cc1cc(C(C)Nc2nc3cccc(C)n3n2)c(C)o1. The molecule has 5 nitrogen and oxygen atoms in total. The predicted molar refractivity (Wildman–Crippen MR) is 77.9 cm³/mol. The molecule has 0 saturated carbocycles. The summed E-state index contributed by atoms with van der Waals surface area (Å²) in [4.78, 5) is 4.49. The van der Waals surface area contributed by atoms with Crippen LogP contribution < -0.4 is 5.32 Å². The summed E-state index contributed by atoms with van der Waals surface area (Å²) >= 11 is 0. The lowest BCUT2D eigenvalue weighted by molar-refractivity contribution is 0.499. The van der Waals surface area contributed by atoms with Gasteiger partial charge >= 0.3 is 0 Å². The van der Waals surface area contributed by atoms with E-state index in [9.17, 15) is 0 Å². The van der Waals surface area contributed by atoms with E-state index in [0.29, 0.717) is 5.95 Å². The first-order chi connectivity index (χ1) is 9.54. The van der Waals surface area contributed by atoms with Crippen molar-refractivity contribution < 1.29 is 4.42 Å². The van der Waals surface area contributed by atoms with Gasteiger partial charge in [-0.15, -0.1) is 5.10 Å². The zero-order valence-electron chi connectivity index (χ0n) is 12.1. The molecule has 104 valence electrons. The van der Waals surface area contributed by atoms with Crippen LogP contribution in [0, 0.1) is 20.8 Å². The van der Waals surface area contributed by atoms with E-state index in [1.807, 2.05) is 49.6 Å². The average Bonchev–Trinajstić information content (AvgIpc) is 2.93. The summed E-state index contributed by atoms with van der Waals surface area (Å²) in [6, 6.07) is 8.09. The van der Waals surface area contributed by atoms with Gasteiger partial charge in [0.25, 0.3) is 0 Å². The molecule has 0 aromatic carbocycles. The van der Waals surface area contributed by atoms with Crippen LogP contribution in [0.2, 0.25) is 0 Å². The van der Waals surface area contributed by atoms with Crippen molar-refractivity contribution in [3.8, 4) is 0 Å². The Bertz CT molecular complexity index is 756. The number of pyridine rings is 1. The third kappa shape index (κ3) is 2.15. The van der Waals surface area contributed by atoms with Gasteiger partial charge in [-0.05, 0) is 45.9 Å². The van der Waals surface area contributed by atoms with Crippen LogP contribution in [0.3, 0.4) is 0 Å². The van der Waals surface area contributed by atoms with E-state index in [1.54, 1.807) is 0 Å². The topological polar surface area (TPSA) is 55.4 Å². The molecule has 1 unspecified atom stereocenters. The van der Waals surface area contributed by atoms with E-state index < -0.39 is 0 Å². The normalized spacial score (nSPS) is 12.8. The third-order valence-electron chi connectivity index (χ3n) is 3.44. The molecule has 3 aromatic heterocycles. The number of hydrogen-bond acceptors (Lipinski definition) is 4. The highest BCUT2D eigenvalue weighted by Crippen LogP contribution is 2.24. The van der Waals surface area contributed by atoms with Crippen LogP contribution >= 0.6 is 0 Å². The molecule has 0 amide bonds. The second-order valence-electron chi connectivity index (χ2n) is 5.11. The molecule has 0 saturated heterocycles. The number of rotatable bonds is 3. The molecule has 3 heterocycles. The maximum atomic E-state index is 5.57. The van der Waals surface area contributed by atoms with Gasteiger partial charge in [-0.3, -0.25) is 0 Å². The molecule has 0 radical (unpaired) electrons. The highest BCUT2D eigenvalue weighted by molar-refractivity contribution is 5.45. The van der Waals surface area contributed by atoms with Gasteiger partial charge in [0.15, 0.2) is 5.65 Å². The van der Waals surface area contributed by atoms with Crippen LogP contribution in [0.15, 0.2) is 28.7 Å². The van der Waals surface area contributed by atoms with Crippen molar-refractivity contribution in [3.63, 3.8) is 0 Å². The van der Waals surface area contributed by atoms with Crippen molar-refractivity contribution in [3.05, 3.63) is 47.0 Å². The minimum absolute atomic E-state index is 0.102. The summed E-state index contributed by atoms with van der Waals surface area (Å²) in [5.41, 5.74) is 3.05. The summed E-state index contributed by atoms with van der Waals surface area (Å²) < 4.78 is 7.40. The first kappa shape index (κ1) is 12.7. The van der Waals surface area contributed by atoms with Crippen LogP contribution in [0.1, 0.15) is 35.7 Å². The average molecular weight is 270 g/mol.